The first-order chi connectivity index (χ1) is 11.7. The molecule has 0 aliphatic heterocycles. The summed E-state index contributed by atoms with van der Waals surface area (Å²) in [6, 6.07) is 15.0. The van der Waals surface area contributed by atoms with Crippen LogP contribution in [0.15, 0.2) is 54.6 Å². The van der Waals surface area contributed by atoms with Gasteiger partial charge in [0.2, 0.25) is 0 Å². The molecule has 0 amide bonds. The van der Waals surface area contributed by atoms with Crippen LogP contribution < -0.4 is 4.74 Å². The Hall–Kier alpha value is -2.16. The Balaban J connectivity index is 1.86. The second-order valence-electron chi connectivity index (χ2n) is 5.84. The summed E-state index contributed by atoms with van der Waals surface area (Å²) >= 11 is 0. The van der Waals surface area contributed by atoms with Gasteiger partial charge in [0.15, 0.2) is 0 Å². The van der Waals surface area contributed by atoms with Gasteiger partial charge in [-0.1, -0.05) is 69.0 Å². The molecule has 0 heterocycles. The van der Waals surface area contributed by atoms with Crippen molar-refractivity contribution < 1.29 is 13.5 Å². The van der Waals surface area contributed by atoms with Crippen molar-refractivity contribution in [2.75, 3.05) is 6.61 Å². The number of rotatable bonds is 9. The molecule has 0 aromatic heterocycles. The van der Waals surface area contributed by atoms with Crippen molar-refractivity contribution in [1.29, 1.82) is 0 Å². The first-order valence-corrected chi connectivity index (χ1v) is 8.55. The summed E-state index contributed by atoms with van der Waals surface area (Å²) in [5.74, 6) is 0.869. The summed E-state index contributed by atoms with van der Waals surface area (Å²) < 4.78 is 30.2. The van der Waals surface area contributed by atoms with Gasteiger partial charge in [-0.05, 0) is 35.2 Å². The van der Waals surface area contributed by atoms with Gasteiger partial charge in [-0.2, -0.15) is 8.78 Å². The predicted octanol–water partition coefficient (Wildman–Crippen LogP) is 6.94. The Morgan fingerprint density at radius 1 is 0.833 bits per heavy atom. The third-order valence-electron chi connectivity index (χ3n) is 3.89. The van der Waals surface area contributed by atoms with Gasteiger partial charge in [-0.15, -0.1) is 0 Å². The molecule has 0 bridgehead atoms. The number of hydrogen-bond acceptors (Lipinski definition) is 1. The number of halogens is 2. The van der Waals surface area contributed by atoms with Crippen LogP contribution in [0.4, 0.5) is 8.78 Å². The lowest BCUT2D eigenvalue weighted by Gasteiger charge is -2.08. The smallest absolute Gasteiger partial charge is 0.270 e. The monoisotopic (exact) mass is 330 g/mol. The number of ether oxygens (including phenoxy) is 1. The summed E-state index contributed by atoms with van der Waals surface area (Å²) in [5, 5.41) is 0. The lowest BCUT2D eigenvalue weighted by atomic mass is 10.0. The second-order valence-corrected chi connectivity index (χ2v) is 5.84. The molecule has 0 saturated heterocycles. The van der Waals surface area contributed by atoms with E-state index in [9.17, 15) is 8.78 Å². The highest BCUT2D eigenvalue weighted by molar-refractivity contribution is 5.66. The van der Waals surface area contributed by atoms with E-state index in [2.05, 4.69) is 6.92 Å². The normalized spacial score (nSPS) is 10.5. The first kappa shape index (κ1) is 18.2. The number of hydrogen-bond donors (Lipinski definition) is 0. The van der Waals surface area contributed by atoms with Gasteiger partial charge in [0.1, 0.15) is 5.75 Å². The van der Waals surface area contributed by atoms with E-state index in [1.54, 1.807) is 12.1 Å². The van der Waals surface area contributed by atoms with Crippen molar-refractivity contribution in [1.82, 2.24) is 0 Å². The molecule has 0 radical (unpaired) electrons. The molecule has 0 unspecified atom stereocenters. The van der Waals surface area contributed by atoms with Crippen molar-refractivity contribution >= 4 is 6.08 Å². The molecule has 2 rings (SSSR count). The van der Waals surface area contributed by atoms with Crippen molar-refractivity contribution in [3.8, 4) is 16.9 Å². The second kappa shape index (κ2) is 9.86. The van der Waals surface area contributed by atoms with E-state index in [0.29, 0.717) is 5.56 Å². The zero-order valence-corrected chi connectivity index (χ0v) is 14.1. The van der Waals surface area contributed by atoms with Crippen LogP contribution in [0, 0.1) is 0 Å². The maximum absolute atomic E-state index is 12.2. The largest absolute Gasteiger partial charge is 0.494 e. The Bertz CT molecular complexity index is 626. The minimum Gasteiger partial charge on any atom is -0.494 e. The standard InChI is InChI=1S/C21H24F2O/c1-2-3-4-5-6-15-24-20-13-11-19(12-14-20)18-9-7-17(8-10-18)16-21(22)23/h7-14,16H,2-6,15H2,1H3. The fraction of sp³-hybridized carbons (Fsp3) is 0.333. The van der Waals surface area contributed by atoms with Crippen molar-refractivity contribution in [3.05, 3.63) is 60.2 Å². The molecule has 2 aromatic carbocycles. The molecule has 0 fully saturated rings. The fourth-order valence-electron chi connectivity index (χ4n) is 2.54. The van der Waals surface area contributed by atoms with Crippen LogP contribution >= 0.6 is 0 Å². The maximum atomic E-state index is 12.2. The third kappa shape index (κ3) is 6.15. The highest BCUT2D eigenvalue weighted by Crippen LogP contribution is 2.23. The van der Waals surface area contributed by atoms with Crippen LogP contribution in [0.2, 0.25) is 0 Å². The molecule has 3 heteroatoms. The molecule has 0 atom stereocenters. The van der Waals surface area contributed by atoms with Gasteiger partial charge in [0.25, 0.3) is 6.08 Å². The van der Waals surface area contributed by atoms with E-state index in [1.807, 2.05) is 36.4 Å². The van der Waals surface area contributed by atoms with E-state index in [4.69, 9.17) is 4.74 Å². The fourth-order valence-corrected chi connectivity index (χ4v) is 2.54. The number of benzene rings is 2. The van der Waals surface area contributed by atoms with E-state index in [0.717, 1.165) is 36.0 Å². The van der Waals surface area contributed by atoms with Crippen molar-refractivity contribution in [2.24, 2.45) is 0 Å². The Morgan fingerprint density at radius 2 is 1.42 bits per heavy atom. The molecule has 0 spiro atoms. The van der Waals surface area contributed by atoms with Crippen LogP contribution in [-0.4, -0.2) is 6.61 Å². The molecular weight excluding hydrogens is 306 g/mol. The molecule has 0 aliphatic carbocycles. The number of unbranched alkanes of at least 4 members (excludes halogenated alkanes) is 4. The maximum Gasteiger partial charge on any atom is 0.270 e. The topological polar surface area (TPSA) is 9.23 Å². The van der Waals surface area contributed by atoms with Gasteiger partial charge in [0.05, 0.1) is 6.61 Å². The minimum atomic E-state index is -1.68. The van der Waals surface area contributed by atoms with Gasteiger partial charge in [-0.25, -0.2) is 0 Å². The van der Waals surface area contributed by atoms with Gasteiger partial charge < -0.3 is 4.74 Å². The van der Waals surface area contributed by atoms with Crippen molar-refractivity contribution in [2.45, 2.75) is 39.0 Å². The van der Waals surface area contributed by atoms with E-state index in [1.165, 1.54) is 25.7 Å². The summed E-state index contributed by atoms with van der Waals surface area (Å²) in [6.45, 7) is 2.96. The Morgan fingerprint density at radius 3 is 2.00 bits per heavy atom. The van der Waals surface area contributed by atoms with Crippen LogP contribution in [0.25, 0.3) is 17.2 Å². The summed E-state index contributed by atoms with van der Waals surface area (Å²) in [4.78, 5) is 0. The highest BCUT2D eigenvalue weighted by atomic mass is 19.3. The summed E-state index contributed by atoms with van der Waals surface area (Å²) in [6.07, 6.45) is 5.30. The molecule has 1 nitrogen and oxygen atoms in total. The van der Waals surface area contributed by atoms with Crippen molar-refractivity contribution in [3.63, 3.8) is 0 Å². The minimum absolute atomic E-state index is 0.502. The molecule has 0 aliphatic rings. The van der Waals surface area contributed by atoms with Crippen LogP contribution in [0.1, 0.15) is 44.6 Å². The average Bonchev–Trinajstić information content (AvgIpc) is 2.59. The molecule has 2 aromatic rings. The molecule has 0 saturated carbocycles. The first-order valence-electron chi connectivity index (χ1n) is 8.55. The van der Waals surface area contributed by atoms with Gasteiger partial charge in [0, 0.05) is 6.08 Å². The molecule has 0 N–H and O–H groups in total. The predicted molar refractivity (Wildman–Crippen MR) is 96.3 cm³/mol. The zero-order chi connectivity index (χ0) is 17.2. The van der Waals surface area contributed by atoms with Gasteiger partial charge >= 0.3 is 0 Å². The summed E-state index contributed by atoms with van der Waals surface area (Å²) in [7, 11) is 0. The average molecular weight is 330 g/mol. The SMILES string of the molecule is CCCCCCCOc1ccc(-c2ccc(C=C(F)F)cc2)cc1. The molecule has 24 heavy (non-hydrogen) atoms. The lowest BCUT2D eigenvalue weighted by Crippen LogP contribution is -1.97. The highest BCUT2D eigenvalue weighted by Gasteiger charge is 2.00. The summed E-state index contributed by atoms with van der Waals surface area (Å²) in [5.41, 5.74) is 2.54. The van der Waals surface area contributed by atoms with Gasteiger partial charge in [-0.3, -0.25) is 0 Å². The quantitative estimate of drug-likeness (QED) is 0.452. The van der Waals surface area contributed by atoms with E-state index < -0.39 is 6.08 Å². The Kier molecular flexibility index (Phi) is 7.47. The van der Waals surface area contributed by atoms with Crippen LogP contribution in [0.3, 0.4) is 0 Å². The van der Waals surface area contributed by atoms with Crippen LogP contribution in [0.5, 0.6) is 5.75 Å². The van der Waals surface area contributed by atoms with Crippen LogP contribution in [-0.2, 0) is 0 Å². The lowest BCUT2D eigenvalue weighted by molar-refractivity contribution is 0.304. The molecule has 128 valence electrons. The van der Waals surface area contributed by atoms with E-state index >= 15 is 0 Å². The Labute approximate surface area is 143 Å². The molecular formula is C21H24F2O. The third-order valence-corrected chi connectivity index (χ3v) is 3.89. The zero-order valence-electron chi connectivity index (χ0n) is 14.1. The van der Waals surface area contributed by atoms with E-state index in [-0.39, 0.29) is 0 Å².